The number of thioether (sulfide) groups is 2. The first-order valence-electron chi connectivity index (χ1n) is 9.13. The lowest BCUT2D eigenvalue weighted by molar-refractivity contribution is 0.801. The van der Waals surface area contributed by atoms with Crippen LogP contribution in [0.2, 0.25) is 0 Å². The second kappa shape index (κ2) is 7.08. The van der Waals surface area contributed by atoms with E-state index in [-0.39, 0.29) is 0 Å². The molecule has 0 bridgehead atoms. The van der Waals surface area contributed by atoms with Crippen LogP contribution in [0.5, 0.6) is 0 Å². The predicted octanol–water partition coefficient (Wildman–Crippen LogP) is 2.75. The van der Waals surface area contributed by atoms with Crippen LogP contribution in [0.25, 0.3) is 29.8 Å². The number of nitrogens with zero attached hydrogens (tertiary/aromatic N) is 8. The Morgan fingerprint density at radius 1 is 0.607 bits per heavy atom. The van der Waals surface area contributed by atoms with Crippen molar-refractivity contribution in [1.29, 1.82) is 0 Å². The molecule has 0 N–H and O–H groups in total. The van der Waals surface area contributed by atoms with Crippen molar-refractivity contribution in [2.24, 2.45) is 0 Å². The van der Waals surface area contributed by atoms with Gasteiger partial charge in [0.2, 0.25) is 0 Å². The van der Waals surface area contributed by atoms with Crippen molar-refractivity contribution in [2.75, 3.05) is 59.0 Å². The van der Waals surface area contributed by atoms with Gasteiger partial charge >= 0.3 is 0 Å². The molecule has 4 aromatic heterocycles. The zero-order valence-corrected chi connectivity index (χ0v) is 18.1. The third-order valence-corrected chi connectivity index (χ3v) is 9.42. The first-order valence-corrected chi connectivity index (χ1v) is 13.1. The molecule has 0 amide bonds. The van der Waals surface area contributed by atoms with Crippen LogP contribution in [0, 0.1) is 0 Å². The molecule has 12 heteroatoms. The number of aromatic nitrogens is 6. The van der Waals surface area contributed by atoms with Gasteiger partial charge in [0.05, 0.1) is 9.40 Å². The molecule has 6 rings (SSSR count). The summed E-state index contributed by atoms with van der Waals surface area (Å²) in [7, 11) is 0. The van der Waals surface area contributed by atoms with Gasteiger partial charge in [0.1, 0.15) is 20.4 Å². The highest BCUT2D eigenvalue weighted by Crippen LogP contribution is 2.46. The van der Waals surface area contributed by atoms with Gasteiger partial charge in [-0.3, -0.25) is 0 Å². The van der Waals surface area contributed by atoms with Gasteiger partial charge in [0.15, 0.2) is 11.6 Å². The van der Waals surface area contributed by atoms with Gasteiger partial charge in [-0.1, -0.05) is 0 Å². The van der Waals surface area contributed by atoms with Gasteiger partial charge in [-0.05, 0) is 10.4 Å². The molecule has 0 aliphatic carbocycles. The van der Waals surface area contributed by atoms with E-state index in [1.165, 1.54) is 4.01 Å². The van der Waals surface area contributed by atoms with Crippen LogP contribution in [-0.4, -0.2) is 80.0 Å². The minimum absolute atomic E-state index is 0.898. The number of fused-ring (bicyclic) bond motifs is 5. The second-order valence-electron chi connectivity index (χ2n) is 6.65. The highest BCUT2D eigenvalue weighted by Gasteiger charge is 2.25. The molecule has 2 saturated heterocycles. The fraction of sp³-hybridized carbons (Fsp3) is 0.500. The Bertz CT molecular complexity index is 1070. The molecular formula is C16H16N8S4. The molecule has 0 saturated carbocycles. The Kier molecular flexibility index (Phi) is 4.39. The van der Waals surface area contributed by atoms with Crippen LogP contribution in [-0.2, 0) is 0 Å². The van der Waals surface area contributed by atoms with Crippen molar-refractivity contribution in [2.45, 2.75) is 0 Å². The Morgan fingerprint density at radius 3 is 1.54 bits per heavy atom. The Hall–Kier alpha value is -1.50. The average Bonchev–Trinajstić information content (AvgIpc) is 3.31. The van der Waals surface area contributed by atoms with Gasteiger partial charge in [-0.2, -0.15) is 23.5 Å². The topological polar surface area (TPSA) is 83.8 Å². The number of hydrogen-bond acceptors (Lipinski definition) is 12. The molecule has 144 valence electrons. The summed E-state index contributed by atoms with van der Waals surface area (Å²) in [6.45, 7) is 4.02. The van der Waals surface area contributed by atoms with Crippen molar-refractivity contribution in [3.63, 3.8) is 0 Å². The molecule has 6 heterocycles. The monoisotopic (exact) mass is 448 g/mol. The lowest BCUT2D eigenvalue weighted by atomic mass is 10.3. The summed E-state index contributed by atoms with van der Waals surface area (Å²) in [5, 5.41) is 26.8. The van der Waals surface area contributed by atoms with E-state index in [9.17, 15) is 0 Å². The zero-order valence-electron chi connectivity index (χ0n) is 14.9. The summed E-state index contributed by atoms with van der Waals surface area (Å²) in [6.07, 6.45) is 0. The standard InChI is InChI=1S/C16H16N8S4/c1-5-25-6-2-23(1)14-12-10(17-21-19-14)9-11-13(28-16(9)27-12)15(20-22-18-11)24-3-7-26-8-4-24/h1-8H2. The smallest absolute Gasteiger partial charge is 0.172 e. The second-order valence-corrected chi connectivity index (χ2v) is 11.4. The lowest BCUT2D eigenvalue weighted by Crippen LogP contribution is -2.33. The van der Waals surface area contributed by atoms with Gasteiger partial charge in [-0.25, -0.2) is 0 Å². The summed E-state index contributed by atoms with van der Waals surface area (Å²) < 4.78 is 3.43. The highest BCUT2D eigenvalue weighted by atomic mass is 32.2. The number of rotatable bonds is 2. The van der Waals surface area contributed by atoms with Crippen molar-refractivity contribution in [1.82, 2.24) is 30.8 Å². The highest BCUT2D eigenvalue weighted by molar-refractivity contribution is 7.99. The Labute approximate surface area is 177 Å². The van der Waals surface area contributed by atoms with Gasteiger partial charge < -0.3 is 9.80 Å². The van der Waals surface area contributed by atoms with E-state index < -0.39 is 0 Å². The molecule has 2 aliphatic heterocycles. The maximum absolute atomic E-state index is 4.41. The summed E-state index contributed by atoms with van der Waals surface area (Å²) in [6, 6.07) is 0. The maximum Gasteiger partial charge on any atom is 0.172 e. The van der Waals surface area contributed by atoms with Crippen molar-refractivity contribution < 1.29 is 0 Å². The van der Waals surface area contributed by atoms with Gasteiger partial charge in [0, 0.05) is 49.2 Å². The third-order valence-electron chi connectivity index (χ3n) is 5.09. The number of hydrogen-bond donors (Lipinski definition) is 0. The van der Waals surface area contributed by atoms with Gasteiger partial charge in [0.25, 0.3) is 0 Å². The lowest BCUT2D eigenvalue weighted by Gasteiger charge is -2.27. The normalized spacial score (nSPS) is 18.6. The van der Waals surface area contributed by atoms with Crippen LogP contribution < -0.4 is 9.80 Å². The van der Waals surface area contributed by atoms with Gasteiger partial charge in [-0.15, -0.1) is 43.1 Å². The van der Waals surface area contributed by atoms with E-state index in [1.807, 2.05) is 23.5 Å². The Balaban J connectivity index is 1.54. The average molecular weight is 449 g/mol. The summed E-state index contributed by atoms with van der Waals surface area (Å²) >= 11 is 7.48. The molecule has 28 heavy (non-hydrogen) atoms. The van der Waals surface area contributed by atoms with Crippen LogP contribution in [0.4, 0.5) is 11.6 Å². The molecule has 2 aliphatic rings. The molecular weight excluding hydrogens is 433 g/mol. The molecule has 2 fully saturated rings. The molecule has 0 spiro atoms. The van der Waals surface area contributed by atoms with Crippen LogP contribution in [0.1, 0.15) is 0 Å². The van der Waals surface area contributed by atoms with E-state index in [1.54, 1.807) is 22.7 Å². The first kappa shape index (κ1) is 17.4. The van der Waals surface area contributed by atoms with Crippen molar-refractivity contribution in [3.8, 4) is 0 Å². The fourth-order valence-electron chi connectivity index (χ4n) is 3.71. The van der Waals surface area contributed by atoms with E-state index >= 15 is 0 Å². The minimum Gasteiger partial charge on any atom is -0.352 e. The van der Waals surface area contributed by atoms with Crippen LogP contribution in [0.3, 0.4) is 0 Å². The molecule has 0 radical (unpaired) electrons. The maximum atomic E-state index is 4.41. The largest absolute Gasteiger partial charge is 0.352 e. The van der Waals surface area contributed by atoms with Crippen molar-refractivity contribution >= 4 is 87.7 Å². The van der Waals surface area contributed by atoms with E-state index in [4.69, 9.17) is 0 Å². The molecule has 4 aromatic rings. The third kappa shape index (κ3) is 2.72. The van der Waals surface area contributed by atoms with E-state index in [0.29, 0.717) is 0 Å². The first-order chi connectivity index (χ1) is 13.9. The predicted molar refractivity (Wildman–Crippen MR) is 121 cm³/mol. The molecule has 0 aromatic carbocycles. The molecule has 0 unspecified atom stereocenters. The fourth-order valence-corrected chi connectivity index (χ4v) is 8.14. The molecule has 0 atom stereocenters. The molecule has 8 nitrogen and oxygen atoms in total. The van der Waals surface area contributed by atoms with Crippen LogP contribution in [0.15, 0.2) is 0 Å². The number of thiophene rings is 2. The SMILES string of the molecule is C1CN(c2nnnc3c2sc2sc4c(N5CCSCC5)nnnc4c23)CCS1. The summed E-state index contributed by atoms with van der Waals surface area (Å²) in [5.41, 5.74) is 1.80. The van der Waals surface area contributed by atoms with E-state index in [0.717, 1.165) is 86.6 Å². The summed E-state index contributed by atoms with van der Waals surface area (Å²) in [5.74, 6) is 6.43. The number of anilines is 2. The van der Waals surface area contributed by atoms with Crippen LogP contribution >= 0.6 is 46.2 Å². The van der Waals surface area contributed by atoms with Crippen molar-refractivity contribution in [3.05, 3.63) is 0 Å². The quantitative estimate of drug-likeness (QED) is 0.456. The summed E-state index contributed by atoms with van der Waals surface area (Å²) in [4.78, 5) is 4.67. The Morgan fingerprint density at radius 2 is 1.07 bits per heavy atom. The zero-order chi connectivity index (χ0) is 18.5. The van der Waals surface area contributed by atoms with E-state index in [2.05, 4.69) is 40.6 Å². The minimum atomic E-state index is 0.898.